The lowest BCUT2D eigenvalue weighted by Gasteiger charge is -2.54. The molecule has 0 bridgehead atoms. The number of Topliss-reactive ketones (excluding diaryl/α,β-unsaturated/α-hetero) is 2. The molecule has 0 N–H and O–H groups in total. The second-order valence-corrected chi connectivity index (χ2v) is 8.27. The van der Waals surface area contributed by atoms with Crippen molar-refractivity contribution in [3.05, 3.63) is 0 Å². The lowest BCUT2D eigenvalue weighted by molar-refractivity contribution is -0.164. The molecule has 0 aromatic rings. The van der Waals surface area contributed by atoms with Gasteiger partial charge < -0.3 is 9.47 Å². The average Bonchev–Trinajstić information content (AvgIpc) is 2.38. The molecule has 7 nitrogen and oxygen atoms in total. The fourth-order valence-corrected chi connectivity index (χ4v) is 3.85. The maximum Gasteiger partial charge on any atom is 0.313 e. The summed E-state index contributed by atoms with van der Waals surface area (Å²) >= 11 is 0. The standard InChI is InChI=1S/C19H31NO6/c1-13(21)9-16(23)25-8-7-20-18(3,4)11-15(12-19(20,5)6)26-17(24)10-14(2)22/h15H,7-12H2,1-6H3. The van der Waals surface area contributed by atoms with Crippen LogP contribution in [0.5, 0.6) is 0 Å². The van der Waals surface area contributed by atoms with Gasteiger partial charge in [0.15, 0.2) is 0 Å². The van der Waals surface area contributed by atoms with Crippen molar-refractivity contribution in [1.29, 1.82) is 0 Å². The first-order valence-electron chi connectivity index (χ1n) is 8.95. The summed E-state index contributed by atoms with van der Waals surface area (Å²) in [4.78, 5) is 47.6. The zero-order valence-electron chi connectivity index (χ0n) is 16.7. The van der Waals surface area contributed by atoms with Gasteiger partial charge in [0.05, 0.1) is 0 Å². The van der Waals surface area contributed by atoms with Gasteiger partial charge in [-0.3, -0.25) is 24.1 Å². The van der Waals surface area contributed by atoms with Crippen LogP contribution in [0, 0.1) is 0 Å². The molecule has 1 saturated heterocycles. The predicted molar refractivity (Wildman–Crippen MR) is 95.5 cm³/mol. The number of hydrogen-bond acceptors (Lipinski definition) is 7. The summed E-state index contributed by atoms with van der Waals surface area (Å²) in [5.74, 6) is -1.43. The van der Waals surface area contributed by atoms with E-state index in [1.807, 2.05) is 0 Å². The van der Waals surface area contributed by atoms with E-state index in [9.17, 15) is 19.2 Å². The molecule has 0 aromatic carbocycles. The second kappa shape index (κ2) is 8.75. The van der Waals surface area contributed by atoms with E-state index >= 15 is 0 Å². The molecular formula is C19H31NO6. The molecule has 148 valence electrons. The Hall–Kier alpha value is -1.76. The highest BCUT2D eigenvalue weighted by atomic mass is 16.5. The number of rotatable bonds is 8. The van der Waals surface area contributed by atoms with E-state index in [-0.39, 0.29) is 48.2 Å². The molecule has 0 aliphatic carbocycles. The number of likely N-dealkylation sites (tertiary alicyclic amines) is 1. The molecule has 0 atom stereocenters. The topological polar surface area (TPSA) is 90.0 Å². The first-order valence-corrected chi connectivity index (χ1v) is 8.95. The minimum Gasteiger partial charge on any atom is -0.464 e. The Balaban J connectivity index is 2.66. The van der Waals surface area contributed by atoms with Gasteiger partial charge in [-0.15, -0.1) is 0 Å². The largest absolute Gasteiger partial charge is 0.464 e. The Kier molecular flexibility index (Phi) is 7.50. The number of hydrogen-bond donors (Lipinski definition) is 0. The van der Waals surface area contributed by atoms with Crippen molar-refractivity contribution in [3.63, 3.8) is 0 Å². The second-order valence-electron chi connectivity index (χ2n) is 8.27. The summed E-state index contributed by atoms with van der Waals surface area (Å²) in [7, 11) is 0. The SMILES string of the molecule is CC(=O)CC(=O)OCCN1C(C)(C)CC(OC(=O)CC(C)=O)CC1(C)C. The molecule has 7 heteroatoms. The van der Waals surface area contributed by atoms with Crippen LogP contribution in [0.2, 0.25) is 0 Å². The van der Waals surface area contributed by atoms with Crippen LogP contribution in [0.15, 0.2) is 0 Å². The molecule has 0 radical (unpaired) electrons. The summed E-state index contributed by atoms with van der Waals surface area (Å²) in [5, 5.41) is 0. The van der Waals surface area contributed by atoms with Crippen LogP contribution in [0.4, 0.5) is 0 Å². The first kappa shape index (κ1) is 22.3. The lowest BCUT2D eigenvalue weighted by Crippen LogP contribution is -2.63. The van der Waals surface area contributed by atoms with E-state index in [0.717, 1.165) is 0 Å². The third-order valence-corrected chi connectivity index (χ3v) is 4.58. The normalized spacial score (nSPS) is 19.6. The van der Waals surface area contributed by atoms with Gasteiger partial charge in [0.1, 0.15) is 37.1 Å². The molecule has 0 saturated carbocycles. The van der Waals surface area contributed by atoms with Crippen molar-refractivity contribution < 1.29 is 28.7 Å². The van der Waals surface area contributed by atoms with E-state index in [0.29, 0.717) is 19.4 Å². The van der Waals surface area contributed by atoms with Crippen LogP contribution in [0.1, 0.15) is 67.2 Å². The summed E-state index contributed by atoms with van der Waals surface area (Å²) in [6.45, 7) is 11.7. The molecule has 1 heterocycles. The highest BCUT2D eigenvalue weighted by Crippen LogP contribution is 2.39. The number of carbonyl (C=O) groups excluding carboxylic acids is 4. The molecular weight excluding hydrogens is 338 g/mol. The summed E-state index contributed by atoms with van der Waals surface area (Å²) in [6, 6.07) is 0. The fraction of sp³-hybridized carbons (Fsp3) is 0.789. The van der Waals surface area contributed by atoms with Crippen molar-refractivity contribution in [2.75, 3.05) is 13.2 Å². The number of nitrogens with zero attached hydrogens (tertiary/aromatic N) is 1. The van der Waals surface area contributed by atoms with Crippen molar-refractivity contribution in [2.24, 2.45) is 0 Å². The smallest absolute Gasteiger partial charge is 0.313 e. The molecule has 0 amide bonds. The zero-order valence-corrected chi connectivity index (χ0v) is 16.7. The molecule has 0 aromatic heterocycles. The Bertz CT molecular complexity index is 548. The van der Waals surface area contributed by atoms with Crippen LogP contribution < -0.4 is 0 Å². The van der Waals surface area contributed by atoms with E-state index < -0.39 is 11.9 Å². The zero-order chi connectivity index (χ0) is 20.1. The molecule has 0 unspecified atom stereocenters. The third kappa shape index (κ3) is 6.86. The van der Waals surface area contributed by atoms with Gasteiger partial charge in [0.2, 0.25) is 0 Å². The quantitative estimate of drug-likeness (QED) is 0.478. The van der Waals surface area contributed by atoms with E-state index in [1.54, 1.807) is 0 Å². The minimum absolute atomic E-state index is 0.201. The predicted octanol–water partition coefficient (Wildman–Crippen LogP) is 2.05. The van der Waals surface area contributed by atoms with Gasteiger partial charge in [-0.05, 0) is 41.5 Å². The Morgan fingerprint density at radius 1 is 0.885 bits per heavy atom. The minimum atomic E-state index is -0.513. The van der Waals surface area contributed by atoms with Crippen molar-refractivity contribution in [1.82, 2.24) is 4.90 Å². The number of ether oxygens (including phenoxy) is 2. The maximum absolute atomic E-state index is 11.8. The Morgan fingerprint density at radius 3 is 1.81 bits per heavy atom. The molecule has 1 fully saturated rings. The molecule has 1 rings (SSSR count). The van der Waals surface area contributed by atoms with E-state index in [1.165, 1.54) is 13.8 Å². The van der Waals surface area contributed by atoms with Crippen LogP contribution in [0.25, 0.3) is 0 Å². The van der Waals surface area contributed by atoms with Gasteiger partial charge >= 0.3 is 11.9 Å². The van der Waals surface area contributed by atoms with Crippen LogP contribution in [-0.2, 0) is 28.7 Å². The fourth-order valence-electron chi connectivity index (χ4n) is 3.85. The number of ketones is 2. The van der Waals surface area contributed by atoms with Crippen molar-refractivity contribution in [2.45, 2.75) is 84.4 Å². The number of esters is 2. The number of carbonyl (C=O) groups is 4. The van der Waals surface area contributed by atoms with Crippen LogP contribution in [0.3, 0.4) is 0 Å². The molecule has 1 aliphatic rings. The summed E-state index contributed by atoms with van der Waals surface area (Å²) < 4.78 is 10.7. The van der Waals surface area contributed by atoms with Crippen molar-refractivity contribution in [3.8, 4) is 0 Å². The van der Waals surface area contributed by atoms with Gasteiger partial charge in [-0.2, -0.15) is 0 Å². The lowest BCUT2D eigenvalue weighted by atomic mass is 9.78. The van der Waals surface area contributed by atoms with Crippen LogP contribution in [-0.4, -0.2) is 58.7 Å². The molecule has 1 aliphatic heterocycles. The molecule has 26 heavy (non-hydrogen) atoms. The van der Waals surface area contributed by atoms with Gasteiger partial charge in [-0.1, -0.05) is 0 Å². The van der Waals surface area contributed by atoms with E-state index in [4.69, 9.17) is 9.47 Å². The van der Waals surface area contributed by atoms with Gasteiger partial charge in [0.25, 0.3) is 0 Å². The average molecular weight is 369 g/mol. The highest BCUT2D eigenvalue weighted by Gasteiger charge is 2.46. The Morgan fingerprint density at radius 2 is 1.35 bits per heavy atom. The molecule has 0 spiro atoms. The highest BCUT2D eigenvalue weighted by molar-refractivity contribution is 5.94. The summed E-state index contributed by atoms with van der Waals surface area (Å²) in [5.41, 5.74) is -0.564. The van der Waals surface area contributed by atoms with E-state index in [2.05, 4.69) is 32.6 Å². The monoisotopic (exact) mass is 369 g/mol. The van der Waals surface area contributed by atoms with Gasteiger partial charge in [0, 0.05) is 30.5 Å². The van der Waals surface area contributed by atoms with Crippen LogP contribution >= 0.6 is 0 Å². The third-order valence-electron chi connectivity index (χ3n) is 4.58. The van der Waals surface area contributed by atoms with Crippen molar-refractivity contribution >= 4 is 23.5 Å². The Labute approximate surface area is 155 Å². The van der Waals surface area contributed by atoms with Gasteiger partial charge in [-0.25, -0.2) is 0 Å². The first-order chi connectivity index (χ1) is 11.8. The number of piperidine rings is 1. The maximum atomic E-state index is 11.8. The summed E-state index contributed by atoms with van der Waals surface area (Å²) in [6.07, 6.45) is 0.584.